The number of imidazole rings is 1. The number of aromatic nitrogens is 2. The maximum atomic E-state index is 13.0. The van der Waals surface area contributed by atoms with Crippen LogP contribution in [0.1, 0.15) is 46.4 Å². The normalized spacial score (nSPS) is 18.5. The molecule has 2 heterocycles. The van der Waals surface area contributed by atoms with Crippen LogP contribution in [0.5, 0.6) is 0 Å². The second-order valence-electron chi connectivity index (χ2n) is 9.56. The van der Waals surface area contributed by atoms with Gasteiger partial charge in [0.15, 0.2) is 9.84 Å². The first kappa shape index (κ1) is 19.4. The Bertz CT molecular complexity index is 1020. The van der Waals surface area contributed by atoms with Gasteiger partial charge in [-0.25, -0.2) is 13.4 Å². The van der Waals surface area contributed by atoms with E-state index in [0.717, 1.165) is 29.8 Å². The van der Waals surface area contributed by atoms with E-state index in [-0.39, 0.29) is 24.4 Å². The molecule has 28 heavy (non-hydrogen) atoms. The van der Waals surface area contributed by atoms with Crippen LogP contribution in [0.4, 0.5) is 0 Å². The van der Waals surface area contributed by atoms with Crippen molar-refractivity contribution in [2.45, 2.75) is 63.6 Å². The van der Waals surface area contributed by atoms with Crippen molar-refractivity contribution in [1.82, 2.24) is 14.5 Å². The topological polar surface area (TPSA) is 72.3 Å². The van der Waals surface area contributed by atoms with E-state index >= 15 is 0 Å². The lowest BCUT2D eigenvalue weighted by molar-refractivity contribution is -0.131. The van der Waals surface area contributed by atoms with Crippen LogP contribution in [0.2, 0.25) is 0 Å². The zero-order valence-electron chi connectivity index (χ0n) is 17.1. The first-order chi connectivity index (χ1) is 13.0. The minimum atomic E-state index is -3.45. The van der Waals surface area contributed by atoms with Crippen LogP contribution in [0.3, 0.4) is 0 Å². The summed E-state index contributed by atoms with van der Waals surface area (Å²) in [6.07, 6.45) is 3.37. The zero-order valence-corrected chi connectivity index (χ0v) is 17.9. The number of nitrogens with zero attached hydrogens (tertiary/aromatic N) is 3. The van der Waals surface area contributed by atoms with Crippen molar-refractivity contribution in [3.63, 3.8) is 0 Å². The molecular weight excluding hydrogens is 374 g/mol. The SMILES string of the molecule is CC(=O)N1CC(S(=O)(=O)c2ccc3c(c2)nc(CC(C)(C)C)n3CC2CC2)C1. The molecule has 2 aromatic rings. The highest BCUT2D eigenvalue weighted by molar-refractivity contribution is 7.92. The molecule has 6 nitrogen and oxygen atoms in total. The van der Waals surface area contributed by atoms with E-state index in [1.54, 1.807) is 17.0 Å². The van der Waals surface area contributed by atoms with E-state index < -0.39 is 15.1 Å². The summed E-state index contributed by atoms with van der Waals surface area (Å²) in [6, 6.07) is 5.34. The van der Waals surface area contributed by atoms with E-state index in [4.69, 9.17) is 4.98 Å². The van der Waals surface area contributed by atoms with Crippen LogP contribution in [0.25, 0.3) is 11.0 Å². The third-order valence-electron chi connectivity index (χ3n) is 5.69. The molecule has 0 atom stereocenters. The smallest absolute Gasteiger partial charge is 0.219 e. The molecule has 4 rings (SSSR count). The molecule has 1 saturated carbocycles. The molecule has 152 valence electrons. The monoisotopic (exact) mass is 403 g/mol. The minimum Gasteiger partial charge on any atom is -0.340 e. The van der Waals surface area contributed by atoms with Crippen LogP contribution in [0, 0.1) is 11.3 Å². The van der Waals surface area contributed by atoms with Crippen molar-refractivity contribution in [3.8, 4) is 0 Å². The molecule has 0 N–H and O–H groups in total. The third-order valence-corrected chi connectivity index (χ3v) is 7.77. The first-order valence-corrected chi connectivity index (χ1v) is 11.6. The van der Waals surface area contributed by atoms with Gasteiger partial charge in [-0.3, -0.25) is 4.79 Å². The summed E-state index contributed by atoms with van der Waals surface area (Å²) in [6.45, 7) is 9.58. The fourth-order valence-electron chi connectivity index (χ4n) is 3.79. The van der Waals surface area contributed by atoms with Crippen LogP contribution in [-0.2, 0) is 27.6 Å². The largest absolute Gasteiger partial charge is 0.340 e. The molecular formula is C21H29N3O3S. The standard InChI is InChI=1S/C21H29N3O3S/c1-14(25)23-12-17(13-23)28(26,27)16-7-8-19-18(9-16)22-20(10-21(2,3)4)24(19)11-15-5-6-15/h7-9,15,17H,5-6,10-13H2,1-4H3. The van der Waals surface area contributed by atoms with Gasteiger partial charge in [-0.2, -0.15) is 0 Å². The molecule has 2 aliphatic rings. The number of carbonyl (C=O) groups excluding carboxylic acids is 1. The van der Waals surface area contributed by atoms with Crippen molar-refractivity contribution in [3.05, 3.63) is 24.0 Å². The van der Waals surface area contributed by atoms with Gasteiger partial charge >= 0.3 is 0 Å². The van der Waals surface area contributed by atoms with Crippen molar-refractivity contribution in [2.24, 2.45) is 11.3 Å². The summed E-state index contributed by atoms with van der Waals surface area (Å²) >= 11 is 0. The van der Waals surface area contributed by atoms with Gasteiger partial charge < -0.3 is 9.47 Å². The fraction of sp³-hybridized carbons (Fsp3) is 0.619. The van der Waals surface area contributed by atoms with E-state index in [9.17, 15) is 13.2 Å². The van der Waals surface area contributed by atoms with Crippen LogP contribution < -0.4 is 0 Å². The number of carbonyl (C=O) groups is 1. The number of benzene rings is 1. The number of sulfone groups is 1. The molecule has 1 aromatic heterocycles. The Morgan fingerprint density at radius 1 is 1.21 bits per heavy atom. The molecule has 1 saturated heterocycles. The summed E-state index contributed by atoms with van der Waals surface area (Å²) in [7, 11) is -3.45. The van der Waals surface area contributed by atoms with E-state index in [2.05, 4.69) is 25.3 Å². The lowest BCUT2D eigenvalue weighted by Crippen LogP contribution is -2.56. The van der Waals surface area contributed by atoms with Crippen LogP contribution in [-0.4, -0.2) is 47.1 Å². The highest BCUT2D eigenvalue weighted by Crippen LogP contribution is 2.34. The lowest BCUT2D eigenvalue weighted by Gasteiger charge is -2.37. The quantitative estimate of drug-likeness (QED) is 0.769. The molecule has 1 aliphatic carbocycles. The molecule has 0 bridgehead atoms. The Kier molecular flexibility index (Phi) is 4.56. The number of hydrogen-bond donors (Lipinski definition) is 0. The van der Waals surface area contributed by atoms with Crippen LogP contribution in [0.15, 0.2) is 23.1 Å². The summed E-state index contributed by atoms with van der Waals surface area (Å²) in [5, 5.41) is -0.517. The lowest BCUT2D eigenvalue weighted by atomic mass is 9.92. The van der Waals surface area contributed by atoms with E-state index in [0.29, 0.717) is 10.8 Å². The maximum absolute atomic E-state index is 13.0. The second-order valence-corrected chi connectivity index (χ2v) is 11.8. The summed E-state index contributed by atoms with van der Waals surface area (Å²) in [5.74, 6) is 1.68. The van der Waals surface area contributed by atoms with Gasteiger partial charge in [0.25, 0.3) is 0 Å². The second kappa shape index (κ2) is 6.58. The highest BCUT2D eigenvalue weighted by atomic mass is 32.2. The maximum Gasteiger partial charge on any atom is 0.219 e. The average Bonchev–Trinajstić information content (AvgIpc) is 3.27. The van der Waals surface area contributed by atoms with Crippen molar-refractivity contribution in [1.29, 1.82) is 0 Å². The Morgan fingerprint density at radius 2 is 1.89 bits per heavy atom. The van der Waals surface area contributed by atoms with Gasteiger partial charge in [0.05, 0.1) is 15.9 Å². The van der Waals surface area contributed by atoms with Crippen molar-refractivity contribution < 1.29 is 13.2 Å². The highest BCUT2D eigenvalue weighted by Gasteiger charge is 2.39. The fourth-order valence-corrected chi connectivity index (χ4v) is 5.46. The number of rotatable bonds is 5. The summed E-state index contributed by atoms with van der Waals surface area (Å²) in [4.78, 5) is 18.1. The number of amides is 1. The average molecular weight is 404 g/mol. The van der Waals surface area contributed by atoms with Crippen LogP contribution >= 0.6 is 0 Å². The first-order valence-electron chi connectivity index (χ1n) is 10.0. The Morgan fingerprint density at radius 3 is 2.46 bits per heavy atom. The van der Waals surface area contributed by atoms with E-state index in [1.807, 2.05) is 6.07 Å². The number of hydrogen-bond acceptors (Lipinski definition) is 4. The Balaban J connectivity index is 1.68. The molecule has 0 unspecified atom stereocenters. The predicted octanol–water partition coefficient (Wildman–Crippen LogP) is 3.04. The zero-order chi connectivity index (χ0) is 20.3. The number of fused-ring (bicyclic) bond motifs is 1. The minimum absolute atomic E-state index is 0.0763. The molecule has 0 spiro atoms. The van der Waals surface area contributed by atoms with Gasteiger partial charge in [-0.15, -0.1) is 0 Å². The van der Waals surface area contributed by atoms with Gasteiger partial charge in [0.1, 0.15) is 11.1 Å². The van der Waals surface area contributed by atoms with Crippen molar-refractivity contribution in [2.75, 3.05) is 13.1 Å². The van der Waals surface area contributed by atoms with Gasteiger partial charge in [-0.1, -0.05) is 20.8 Å². The van der Waals surface area contributed by atoms with Gasteiger partial charge in [-0.05, 0) is 42.4 Å². The molecule has 2 fully saturated rings. The molecule has 1 aliphatic heterocycles. The van der Waals surface area contributed by atoms with Gasteiger partial charge in [0, 0.05) is 33.0 Å². The van der Waals surface area contributed by atoms with Crippen molar-refractivity contribution >= 4 is 26.8 Å². The summed E-state index contributed by atoms with van der Waals surface area (Å²) in [5.41, 5.74) is 1.88. The summed E-state index contributed by atoms with van der Waals surface area (Å²) < 4.78 is 28.2. The third kappa shape index (κ3) is 3.69. The molecule has 1 amide bonds. The van der Waals surface area contributed by atoms with Gasteiger partial charge in [0.2, 0.25) is 5.91 Å². The number of likely N-dealkylation sites (tertiary alicyclic amines) is 1. The van der Waals surface area contributed by atoms with E-state index in [1.165, 1.54) is 19.8 Å². The predicted molar refractivity (Wildman–Crippen MR) is 109 cm³/mol. The molecule has 1 aromatic carbocycles. The molecule has 7 heteroatoms. The Hall–Kier alpha value is -1.89. The Labute approximate surface area is 166 Å². The molecule has 0 radical (unpaired) electrons.